The van der Waals surface area contributed by atoms with Crippen LogP contribution in [0.4, 0.5) is 11.4 Å². The average Bonchev–Trinajstić information content (AvgIpc) is 2.70. The molecule has 0 aliphatic carbocycles. The molecule has 0 heterocycles. The number of ether oxygens (including phenoxy) is 1. The first-order valence-corrected chi connectivity index (χ1v) is 11.8. The molecule has 9 nitrogen and oxygen atoms in total. The molecular formula is C22H26N2O7S. The molecule has 10 heteroatoms. The largest absolute Gasteiger partial charge is 0.452 e. The van der Waals surface area contributed by atoms with Gasteiger partial charge in [-0.05, 0) is 35.1 Å². The van der Waals surface area contributed by atoms with Crippen molar-refractivity contribution in [3.05, 3.63) is 63.2 Å². The van der Waals surface area contributed by atoms with Gasteiger partial charge in [-0.2, -0.15) is 0 Å². The Hall–Kier alpha value is -3.27. The molecule has 0 unspecified atom stereocenters. The standard InChI is InChI=1S/C22H26N2O7S/c1-13(2)16-7-6-8-17(14(3)4)21(16)23-20(25)12-31-22(26)15-9-10-19(32(5,29)30)18(11-15)24(27)28/h6-11,13-14H,12H2,1-5H3,(H,23,25). The van der Waals surface area contributed by atoms with Gasteiger partial charge in [0.15, 0.2) is 16.4 Å². The molecular weight excluding hydrogens is 436 g/mol. The van der Waals surface area contributed by atoms with Gasteiger partial charge in [-0.3, -0.25) is 14.9 Å². The van der Waals surface area contributed by atoms with Gasteiger partial charge in [-0.25, -0.2) is 13.2 Å². The minimum Gasteiger partial charge on any atom is -0.452 e. The lowest BCUT2D eigenvalue weighted by atomic mass is 9.92. The summed E-state index contributed by atoms with van der Waals surface area (Å²) in [5, 5.41) is 14.0. The van der Waals surface area contributed by atoms with Gasteiger partial charge >= 0.3 is 5.97 Å². The number of nitrogens with one attached hydrogen (secondary N) is 1. The van der Waals surface area contributed by atoms with Crippen molar-refractivity contribution >= 4 is 33.1 Å². The maximum absolute atomic E-state index is 12.5. The van der Waals surface area contributed by atoms with Crippen molar-refractivity contribution in [2.24, 2.45) is 0 Å². The summed E-state index contributed by atoms with van der Waals surface area (Å²) in [6, 6.07) is 8.66. The summed E-state index contributed by atoms with van der Waals surface area (Å²) >= 11 is 0. The molecule has 0 aliphatic heterocycles. The Kier molecular flexibility index (Phi) is 7.73. The molecule has 2 rings (SSSR count). The summed E-state index contributed by atoms with van der Waals surface area (Å²) in [4.78, 5) is 34.6. The molecule has 0 saturated carbocycles. The van der Waals surface area contributed by atoms with Crippen molar-refractivity contribution < 1.29 is 27.7 Å². The number of nitrogens with zero attached hydrogens (tertiary/aromatic N) is 1. The molecule has 1 N–H and O–H groups in total. The number of nitro benzene ring substituents is 1. The number of esters is 1. The SMILES string of the molecule is CC(C)c1cccc(C(C)C)c1NC(=O)COC(=O)c1ccc(S(C)(=O)=O)c([N+](=O)[O-])c1. The lowest BCUT2D eigenvalue weighted by Crippen LogP contribution is -2.23. The van der Waals surface area contributed by atoms with Crippen LogP contribution in [0.5, 0.6) is 0 Å². The van der Waals surface area contributed by atoms with Gasteiger partial charge < -0.3 is 10.1 Å². The van der Waals surface area contributed by atoms with Crippen LogP contribution in [0.25, 0.3) is 0 Å². The number of carbonyl (C=O) groups is 2. The zero-order valence-electron chi connectivity index (χ0n) is 18.5. The van der Waals surface area contributed by atoms with E-state index in [1.54, 1.807) is 0 Å². The summed E-state index contributed by atoms with van der Waals surface area (Å²) in [5.41, 5.74) is 1.60. The predicted octanol–water partition coefficient (Wildman–Crippen LogP) is 4.04. The minimum atomic E-state index is -3.86. The van der Waals surface area contributed by atoms with Gasteiger partial charge in [0.25, 0.3) is 11.6 Å². The summed E-state index contributed by atoms with van der Waals surface area (Å²) in [6.07, 6.45) is 0.831. The number of anilines is 1. The Morgan fingerprint density at radius 1 is 1.06 bits per heavy atom. The molecule has 0 aromatic heterocycles. The highest BCUT2D eigenvalue weighted by Crippen LogP contribution is 2.32. The van der Waals surface area contributed by atoms with E-state index in [1.807, 2.05) is 45.9 Å². The number of hydrogen-bond acceptors (Lipinski definition) is 7. The van der Waals surface area contributed by atoms with Crippen molar-refractivity contribution in [1.29, 1.82) is 0 Å². The summed E-state index contributed by atoms with van der Waals surface area (Å²) in [5.74, 6) is -1.24. The van der Waals surface area contributed by atoms with E-state index in [2.05, 4.69) is 5.32 Å². The molecule has 1 amide bonds. The van der Waals surface area contributed by atoms with E-state index in [1.165, 1.54) is 0 Å². The summed E-state index contributed by atoms with van der Waals surface area (Å²) < 4.78 is 28.4. The highest BCUT2D eigenvalue weighted by Gasteiger charge is 2.25. The Morgan fingerprint density at radius 2 is 1.62 bits per heavy atom. The maximum atomic E-state index is 12.5. The summed E-state index contributed by atoms with van der Waals surface area (Å²) in [7, 11) is -3.86. The van der Waals surface area contributed by atoms with E-state index in [0.29, 0.717) is 5.69 Å². The van der Waals surface area contributed by atoms with E-state index >= 15 is 0 Å². The number of amides is 1. The fourth-order valence-corrected chi connectivity index (χ4v) is 4.01. The van der Waals surface area contributed by atoms with E-state index in [4.69, 9.17) is 4.74 Å². The van der Waals surface area contributed by atoms with Crippen LogP contribution in [-0.2, 0) is 19.4 Å². The summed E-state index contributed by atoms with van der Waals surface area (Å²) in [6.45, 7) is 7.40. The average molecular weight is 463 g/mol. The van der Waals surface area contributed by atoms with Crippen LogP contribution in [0.2, 0.25) is 0 Å². The maximum Gasteiger partial charge on any atom is 0.338 e. The van der Waals surface area contributed by atoms with E-state index in [-0.39, 0.29) is 17.4 Å². The van der Waals surface area contributed by atoms with Crippen LogP contribution in [-0.4, -0.2) is 38.1 Å². The molecule has 2 aromatic rings. The van der Waals surface area contributed by atoms with Crippen LogP contribution in [0.15, 0.2) is 41.3 Å². The van der Waals surface area contributed by atoms with E-state index < -0.39 is 43.8 Å². The third kappa shape index (κ3) is 5.91. The number of carbonyl (C=O) groups excluding carboxylic acids is 2. The molecule has 0 fully saturated rings. The zero-order valence-corrected chi connectivity index (χ0v) is 19.4. The fourth-order valence-electron chi connectivity index (χ4n) is 3.19. The number of benzene rings is 2. The van der Waals surface area contributed by atoms with Crippen LogP contribution in [0.3, 0.4) is 0 Å². The van der Waals surface area contributed by atoms with Gasteiger partial charge in [0, 0.05) is 18.0 Å². The van der Waals surface area contributed by atoms with Crippen LogP contribution in [0.1, 0.15) is 61.0 Å². The molecule has 0 spiro atoms. The number of rotatable bonds is 8. The highest BCUT2D eigenvalue weighted by molar-refractivity contribution is 7.90. The first-order chi connectivity index (χ1) is 14.8. The molecule has 172 valence electrons. The van der Waals surface area contributed by atoms with Crippen molar-refractivity contribution in [3.63, 3.8) is 0 Å². The lowest BCUT2D eigenvalue weighted by molar-refractivity contribution is -0.387. The third-order valence-corrected chi connectivity index (χ3v) is 5.91. The topological polar surface area (TPSA) is 133 Å². The molecule has 0 bridgehead atoms. The Bertz CT molecular complexity index is 1130. The van der Waals surface area contributed by atoms with Crippen molar-refractivity contribution in [3.8, 4) is 0 Å². The van der Waals surface area contributed by atoms with E-state index in [0.717, 1.165) is 35.6 Å². The normalized spacial score (nSPS) is 11.5. The minimum absolute atomic E-state index is 0.153. The van der Waals surface area contributed by atoms with Gasteiger partial charge in [-0.15, -0.1) is 0 Å². The Balaban J connectivity index is 2.19. The van der Waals surface area contributed by atoms with Gasteiger partial charge in [0.2, 0.25) is 0 Å². The second kappa shape index (κ2) is 9.90. The second-order valence-corrected chi connectivity index (χ2v) is 9.94. The molecule has 0 saturated heterocycles. The lowest BCUT2D eigenvalue weighted by Gasteiger charge is -2.20. The third-order valence-electron chi connectivity index (χ3n) is 4.76. The molecule has 0 atom stereocenters. The fraction of sp³-hybridized carbons (Fsp3) is 0.364. The van der Waals surface area contributed by atoms with Crippen LogP contribution in [0, 0.1) is 10.1 Å². The second-order valence-electron chi connectivity index (χ2n) is 7.96. The first kappa shape index (κ1) is 25.0. The molecule has 0 aliphatic rings. The van der Waals surface area contributed by atoms with Gasteiger partial charge in [-0.1, -0.05) is 45.9 Å². The van der Waals surface area contributed by atoms with Crippen LogP contribution >= 0.6 is 0 Å². The highest BCUT2D eigenvalue weighted by atomic mass is 32.2. The monoisotopic (exact) mass is 462 g/mol. The zero-order chi connectivity index (χ0) is 24.2. The first-order valence-electron chi connectivity index (χ1n) is 9.91. The Morgan fingerprint density at radius 3 is 2.09 bits per heavy atom. The Labute approximate surface area is 186 Å². The van der Waals surface area contributed by atoms with Crippen molar-refractivity contribution in [2.45, 2.75) is 44.4 Å². The smallest absolute Gasteiger partial charge is 0.338 e. The molecule has 2 aromatic carbocycles. The van der Waals surface area contributed by atoms with Crippen molar-refractivity contribution in [2.75, 3.05) is 18.2 Å². The number of nitro groups is 1. The van der Waals surface area contributed by atoms with Crippen molar-refractivity contribution in [1.82, 2.24) is 0 Å². The quantitative estimate of drug-likeness (QED) is 0.355. The number of sulfone groups is 1. The van der Waals surface area contributed by atoms with Gasteiger partial charge in [0.05, 0.1) is 10.5 Å². The number of hydrogen-bond donors (Lipinski definition) is 1. The predicted molar refractivity (Wildman–Crippen MR) is 120 cm³/mol. The molecule has 0 radical (unpaired) electrons. The van der Waals surface area contributed by atoms with E-state index in [9.17, 15) is 28.1 Å². The van der Waals surface area contributed by atoms with Crippen LogP contribution < -0.4 is 5.32 Å². The number of para-hydroxylation sites is 1. The van der Waals surface area contributed by atoms with Gasteiger partial charge in [0.1, 0.15) is 4.90 Å². The molecule has 32 heavy (non-hydrogen) atoms.